The number of anilines is 1. The zero-order chi connectivity index (χ0) is 17.9. The summed E-state index contributed by atoms with van der Waals surface area (Å²) in [5.41, 5.74) is 1.67. The maximum atomic E-state index is 12.7. The summed E-state index contributed by atoms with van der Waals surface area (Å²) >= 11 is 0. The molecule has 0 bridgehead atoms. The summed E-state index contributed by atoms with van der Waals surface area (Å²) in [4.78, 5) is 24.2. The highest BCUT2D eigenvalue weighted by Crippen LogP contribution is 2.30. The lowest BCUT2D eigenvalue weighted by Crippen LogP contribution is -2.45. The summed E-state index contributed by atoms with van der Waals surface area (Å²) in [6, 6.07) is 8.16. The van der Waals surface area contributed by atoms with Gasteiger partial charge in [0.15, 0.2) is 5.82 Å². The Balaban J connectivity index is 1.53. The zero-order valence-corrected chi connectivity index (χ0v) is 15.3. The maximum Gasteiger partial charge on any atom is 0.257 e. The molecule has 2 aromatic rings. The van der Waals surface area contributed by atoms with Gasteiger partial charge in [-0.05, 0) is 37.8 Å². The minimum absolute atomic E-state index is 0.00215. The van der Waals surface area contributed by atoms with Gasteiger partial charge in [-0.1, -0.05) is 25.0 Å². The van der Waals surface area contributed by atoms with Crippen molar-refractivity contribution < 1.29 is 9.53 Å². The number of amides is 1. The minimum atomic E-state index is 0.00215. The van der Waals surface area contributed by atoms with Gasteiger partial charge >= 0.3 is 0 Å². The van der Waals surface area contributed by atoms with Crippen molar-refractivity contribution in [1.29, 1.82) is 0 Å². The van der Waals surface area contributed by atoms with Gasteiger partial charge in [0.2, 0.25) is 5.91 Å². The van der Waals surface area contributed by atoms with Crippen LogP contribution in [-0.4, -0.2) is 42.1 Å². The molecule has 1 saturated heterocycles. The Hall–Kier alpha value is -2.37. The standard InChI is InChI=1S/C20H26N4O2/c1-26-20-18(22-16-10-4-5-11-17(16)23-20)24-12-6-7-14(13-24)19(25)21-15-8-2-3-9-15/h4-5,10-11,14-15H,2-3,6-9,12-13H2,1H3,(H,21,25)/t14-/m1/s1. The molecule has 1 aliphatic heterocycles. The van der Waals surface area contributed by atoms with Crippen LogP contribution < -0.4 is 15.0 Å². The third-order valence-electron chi connectivity index (χ3n) is 5.51. The molecule has 2 aliphatic rings. The molecule has 6 nitrogen and oxygen atoms in total. The molecule has 2 heterocycles. The molecular formula is C20H26N4O2. The smallest absolute Gasteiger partial charge is 0.257 e. The van der Waals surface area contributed by atoms with Crippen molar-refractivity contribution in [2.24, 2.45) is 5.92 Å². The number of aromatic nitrogens is 2. The number of hydrogen-bond donors (Lipinski definition) is 1. The molecular weight excluding hydrogens is 328 g/mol. The van der Waals surface area contributed by atoms with Gasteiger partial charge in [-0.2, -0.15) is 0 Å². The SMILES string of the molecule is COc1nc2ccccc2nc1N1CCC[C@@H](C(=O)NC2CCCC2)C1. The van der Waals surface area contributed by atoms with E-state index in [9.17, 15) is 4.79 Å². The van der Waals surface area contributed by atoms with Gasteiger partial charge in [-0.3, -0.25) is 4.79 Å². The zero-order valence-electron chi connectivity index (χ0n) is 15.3. The average Bonchev–Trinajstić information content (AvgIpc) is 3.20. The highest BCUT2D eigenvalue weighted by molar-refractivity contribution is 5.81. The number of methoxy groups -OCH3 is 1. The molecule has 1 atom stereocenters. The first-order valence-corrected chi connectivity index (χ1v) is 9.60. The molecule has 1 aromatic heterocycles. The molecule has 6 heteroatoms. The Kier molecular flexibility index (Phi) is 4.91. The van der Waals surface area contributed by atoms with E-state index in [0.717, 1.165) is 49.1 Å². The first-order chi connectivity index (χ1) is 12.7. The molecule has 1 N–H and O–H groups in total. The van der Waals surface area contributed by atoms with E-state index < -0.39 is 0 Å². The summed E-state index contributed by atoms with van der Waals surface area (Å²) in [7, 11) is 1.62. The van der Waals surface area contributed by atoms with Crippen LogP contribution in [0.3, 0.4) is 0 Å². The van der Waals surface area contributed by atoms with Crippen molar-refractivity contribution in [3.63, 3.8) is 0 Å². The molecule has 1 saturated carbocycles. The molecule has 1 aliphatic carbocycles. The molecule has 0 spiro atoms. The number of rotatable bonds is 4. The van der Waals surface area contributed by atoms with Gasteiger partial charge in [-0.25, -0.2) is 9.97 Å². The number of piperidine rings is 1. The number of carbonyl (C=O) groups excluding carboxylic acids is 1. The van der Waals surface area contributed by atoms with Crippen molar-refractivity contribution >= 4 is 22.8 Å². The molecule has 2 fully saturated rings. The largest absolute Gasteiger partial charge is 0.478 e. The van der Waals surface area contributed by atoms with E-state index in [4.69, 9.17) is 9.72 Å². The number of benzene rings is 1. The van der Waals surface area contributed by atoms with E-state index in [2.05, 4.69) is 15.2 Å². The predicted molar refractivity (Wildman–Crippen MR) is 101 cm³/mol. The van der Waals surface area contributed by atoms with Gasteiger partial charge < -0.3 is 15.0 Å². The van der Waals surface area contributed by atoms with Gasteiger partial charge in [0.1, 0.15) is 0 Å². The maximum absolute atomic E-state index is 12.7. The second kappa shape index (κ2) is 7.48. The number of ether oxygens (including phenoxy) is 1. The summed E-state index contributed by atoms with van der Waals surface area (Å²) < 4.78 is 5.49. The lowest BCUT2D eigenvalue weighted by molar-refractivity contribution is -0.125. The lowest BCUT2D eigenvalue weighted by atomic mass is 9.96. The highest BCUT2D eigenvalue weighted by atomic mass is 16.5. The van der Waals surface area contributed by atoms with E-state index in [-0.39, 0.29) is 11.8 Å². The minimum Gasteiger partial charge on any atom is -0.478 e. The molecule has 138 valence electrons. The number of carbonyl (C=O) groups is 1. The van der Waals surface area contributed by atoms with Crippen LogP contribution in [0.2, 0.25) is 0 Å². The fourth-order valence-corrected chi connectivity index (χ4v) is 4.09. The summed E-state index contributed by atoms with van der Waals surface area (Å²) in [5.74, 6) is 1.46. The summed E-state index contributed by atoms with van der Waals surface area (Å²) in [5, 5.41) is 3.25. The van der Waals surface area contributed by atoms with Crippen LogP contribution in [-0.2, 0) is 4.79 Å². The van der Waals surface area contributed by atoms with Crippen LogP contribution in [0.25, 0.3) is 11.0 Å². The Morgan fingerprint density at radius 2 is 1.85 bits per heavy atom. The normalized spacial score (nSPS) is 21.1. The predicted octanol–water partition coefficient (Wildman–Crippen LogP) is 2.91. The number of fused-ring (bicyclic) bond motifs is 1. The lowest BCUT2D eigenvalue weighted by Gasteiger charge is -2.33. The highest BCUT2D eigenvalue weighted by Gasteiger charge is 2.30. The molecule has 26 heavy (non-hydrogen) atoms. The van der Waals surface area contributed by atoms with E-state index in [1.165, 1.54) is 12.8 Å². The molecule has 4 rings (SSSR count). The number of nitrogens with zero attached hydrogens (tertiary/aromatic N) is 3. The summed E-state index contributed by atoms with van der Waals surface area (Å²) in [6.07, 6.45) is 6.59. The molecule has 1 amide bonds. The van der Waals surface area contributed by atoms with Crippen LogP contribution >= 0.6 is 0 Å². The fraction of sp³-hybridized carbons (Fsp3) is 0.550. The monoisotopic (exact) mass is 354 g/mol. The quantitative estimate of drug-likeness (QED) is 0.914. The van der Waals surface area contributed by atoms with Gasteiger partial charge in [0.25, 0.3) is 5.88 Å². The van der Waals surface area contributed by atoms with Crippen LogP contribution in [0, 0.1) is 5.92 Å². The second-order valence-electron chi connectivity index (χ2n) is 7.32. The number of para-hydroxylation sites is 2. The Morgan fingerprint density at radius 1 is 1.12 bits per heavy atom. The Morgan fingerprint density at radius 3 is 2.58 bits per heavy atom. The van der Waals surface area contributed by atoms with Crippen LogP contribution in [0.4, 0.5) is 5.82 Å². The van der Waals surface area contributed by atoms with Gasteiger partial charge in [-0.15, -0.1) is 0 Å². The third kappa shape index (κ3) is 3.45. The fourth-order valence-electron chi connectivity index (χ4n) is 4.09. The molecule has 0 unspecified atom stereocenters. The van der Waals surface area contributed by atoms with E-state index in [1.807, 2.05) is 24.3 Å². The van der Waals surface area contributed by atoms with Crippen molar-refractivity contribution in [2.75, 3.05) is 25.1 Å². The first-order valence-electron chi connectivity index (χ1n) is 9.60. The average molecular weight is 354 g/mol. The van der Waals surface area contributed by atoms with Crippen molar-refractivity contribution in [3.8, 4) is 5.88 Å². The van der Waals surface area contributed by atoms with Gasteiger partial charge in [0.05, 0.1) is 24.1 Å². The van der Waals surface area contributed by atoms with Crippen molar-refractivity contribution in [3.05, 3.63) is 24.3 Å². The van der Waals surface area contributed by atoms with Crippen LogP contribution in [0.15, 0.2) is 24.3 Å². The van der Waals surface area contributed by atoms with E-state index >= 15 is 0 Å². The van der Waals surface area contributed by atoms with Crippen LogP contribution in [0.5, 0.6) is 5.88 Å². The van der Waals surface area contributed by atoms with Crippen molar-refractivity contribution in [1.82, 2.24) is 15.3 Å². The third-order valence-corrected chi connectivity index (χ3v) is 5.51. The Labute approximate surface area is 154 Å². The number of nitrogens with one attached hydrogen (secondary N) is 1. The number of hydrogen-bond acceptors (Lipinski definition) is 5. The molecule has 1 aromatic carbocycles. The first kappa shape index (κ1) is 17.1. The second-order valence-corrected chi connectivity index (χ2v) is 7.32. The topological polar surface area (TPSA) is 67.4 Å². The van der Waals surface area contributed by atoms with Crippen molar-refractivity contribution in [2.45, 2.75) is 44.6 Å². The van der Waals surface area contributed by atoms with E-state index in [1.54, 1.807) is 7.11 Å². The Bertz CT molecular complexity index is 788. The van der Waals surface area contributed by atoms with E-state index in [0.29, 0.717) is 18.5 Å². The summed E-state index contributed by atoms with van der Waals surface area (Å²) in [6.45, 7) is 1.54. The molecule has 0 radical (unpaired) electrons. The van der Waals surface area contributed by atoms with Gasteiger partial charge in [0, 0.05) is 19.1 Å². The van der Waals surface area contributed by atoms with Crippen LogP contribution in [0.1, 0.15) is 38.5 Å².